The number of pyridine rings is 1. The number of halogens is 1. The largest absolute Gasteiger partial charge is 0.461 e. The molecule has 4 nitrogen and oxygen atoms in total. The number of ether oxygens (including phenoxy) is 1. The van der Waals surface area contributed by atoms with Gasteiger partial charge in [0.05, 0.1) is 17.2 Å². The Morgan fingerprint density at radius 1 is 1.24 bits per heavy atom. The molecular weight excluding hydrogens is 332 g/mol. The molecular formula is C16H13BrN2O2. The summed E-state index contributed by atoms with van der Waals surface area (Å²) < 4.78 is 5.00. The average molecular weight is 345 g/mol. The van der Waals surface area contributed by atoms with Gasteiger partial charge in [0.1, 0.15) is 6.61 Å². The Morgan fingerprint density at radius 2 is 2.00 bits per heavy atom. The van der Waals surface area contributed by atoms with Crippen molar-refractivity contribution in [3.8, 4) is 6.07 Å². The first-order valence-corrected chi connectivity index (χ1v) is 7.52. The van der Waals surface area contributed by atoms with Crippen molar-refractivity contribution in [2.45, 2.75) is 6.42 Å². The van der Waals surface area contributed by atoms with E-state index in [9.17, 15) is 4.79 Å². The zero-order valence-corrected chi connectivity index (χ0v) is 12.8. The van der Waals surface area contributed by atoms with Crippen LogP contribution in [0.1, 0.15) is 27.2 Å². The molecule has 0 radical (unpaired) electrons. The Kier molecular flexibility index (Phi) is 5.47. The van der Waals surface area contributed by atoms with Gasteiger partial charge in [0.15, 0.2) is 0 Å². The van der Waals surface area contributed by atoms with Gasteiger partial charge in [-0.25, -0.2) is 4.79 Å². The van der Waals surface area contributed by atoms with E-state index < -0.39 is 0 Å². The lowest BCUT2D eigenvalue weighted by Crippen LogP contribution is -2.07. The predicted molar refractivity (Wildman–Crippen MR) is 82.3 cm³/mol. The minimum atomic E-state index is -0.369. The Labute approximate surface area is 131 Å². The summed E-state index contributed by atoms with van der Waals surface area (Å²) in [6, 6.07) is 13.0. The first-order valence-electron chi connectivity index (χ1n) is 6.40. The van der Waals surface area contributed by atoms with Crippen molar-refractivity contribution < 1.29 is 9.53 Å². The van der Waals surface area contributed by atoms with Gasteiger partial charge < -0.3 is 4.74 Å². The molecule has 0 amide bonds. The maximum atomic E-state index is 11.6. The number of carbonyl (C=O) groups is 1. The second-order valence-electron chi connectivity index (χ2n) is 4.35. The van der Waals surface area contributed by atoms with Gasteiger partial charge in [0.25, 0.3) is 0 Å². The van der Waals surface area contributed by atoms with Crippen molar-refractivity contribution in [1.82, 2.24) is 4.98 Å². The maximum Gasteiger partial charge on any atom is 0.339 e. The van der Waals surface area contributed by atoms with E-state index in [0.29, 0.717) is 29.5 Å². The van der Waals surface area contributed by atoms with Crippen LogP contribution in [0, 0.1) is 11.3 Å². The highest BCUT2D eigenvalue weighted by molar-refractivity contribution is 9.09. The van der Waals surface area contributed by atoms with E-state index in [0.717, 1.165) is 11.3 Å². The molecule has 0 aliphatic rings. The van der Waals surface area contributed by atoms with Crippen molar-refractivity contribution >= 4 is 21.9 Å². The predicted octanol–water partition coefficient (Wildman–Crippen LogP) is 3.10. The van der Waals surface area contributed by atoms with Gasteiger partial charge in [-0.3, -0.25) is 4.98 Å². The number of esters is 1. The molecule has 2 aromatic rings. The quantitative estimate of drug-likeness (QED) is 0.617. The number of aromatic nitrogens is 1. The van der Waals surface area contributed by atoms with Gasteiger partial charge in [-0.2, -0.15) is 5.26 Å². The maximum absolute atomic E-state index is 11.6. The summed E-state index contributed by atoms with van der Waals surface area (Å²) in [5.74, 6) is -0.369. The van der Waals surface area contributed by atoms with E-state index >= 15 is 0 Å². The minimum Gasteiger partial charge on any atom is -0.461 e. The van der Waals surface area contributed by atoms with Crippen molar-refractivity contribution in [1.29, 1.82) is 5.26 Å². The highest BCUT2D eigenvalue weighted by atomic mass is 79.9. The van der Waals surface area contributed by atoms with Gasteiger partial charge >= 0.3 is 5.97 Å². The average Bonchev–Trinajstić information content (AvgIpc) is 2.54. The molecule has 5 heteroatoms. The SMILES string of the molecule is N#Cc1ccc(Cc2ccc(C(=O)OCCBr)cn2)cc1. The molecule has 2 rings (SSSR count). The lowest BCUT2D eigenvalue weighted by Gasteiger charge is -2.04. The fourth-order valence-electron chi connectivity index (χ4n) is 1.77. The number of nitriles is 1. The normalized spacial score (nSPS) is 9.90. The molecule has 0 unspecified atom stereocenters. The molecule has 21 heavy (non-hydrogen) atoms. The highest BCUT2D eigenvalue weighted by Crippen LogP contribution is 2.10. The van der Waals surface area contributed by atoms with Gasteiger partial charge in [-0.05, 0) is 29.8 Å². The van der Waals surface area contributed by atoms with Crippen LogP contribution in [0.25, 0.3) is 0 Å². The number of benzene rings is 1. The molecule has 0 fully saturated rings. The second kappa shape index (κ2) is 7.55. The van der Waals surface area contributed by atoms with Crippen molar-refractivity contribution in [2.75, 3.05) is 11.9 Å². The molecule has 0 atom stereocenters. The third kappa shape index (κ3) is 4.40. The summed E-state index contributed by atoms with van der Waals surface area (Å²) >= 11 is 3.20. The molecule has 1 heterocycles. The Hall–Kier alpha value is -2.19. The van der Waals surface area contributed by atoms with Crippen molar-refractivity contribution in [3.63, 3.8) is 0 Å². The monoisotopic (exact) mass is 344 g/mol. The number of hydrogen-bond donors (Lipinski definition) is 0. The van der Waals surface area contributed by atoms with E-state index in [4.69, 9.17) is 10.00 Å². The number of hydrogen-bond acceptors (Lipinski definition) is 4. The van der Waals surface area contributed by atoms with Gasteiger partial charge in [-0.15, -0.1) is 0 Å². The molecule has 0 saturated carbocycles. The fourth-order valence-corrected chi connectivity index (χ4v) is 1.93. The molecule has 0 aliphatic carbocycles. The molecule has 0 bridgehead atoms. The van der Waals surface area contributed by atoms with Crippen LogP contribution >= 0.6 is 15.9 Å². The second-order valence-corrected chi connectivity index (χ2v) is 5.14. The van der Waals surface area contributed by atoms with Crippen LogP contribution in [-0.2, 0) is 11.2 Å². The van der Waals surface area contributed by atoms with Crippen LogP contribution in [0.4, 0.5) is 0 Å². The van der Waals surface area contributed by atoms with E-state index in [2.05, 4.69) is 27.0 Å². The molecule has 106 valence electrons. The lowest BCUT2D eigenvalue weighted by molar-refractivity contribution is 0.0531. The highest BCUT2D eigenvalue weighted by Gasteiger charge is 2.07. The Morgan fingerprint density at radius 3 is 2.57 bits per heavy atom. The summed E-state index contributed by atoms with van der Waals surface area (Å²) in [6.45, 7) is 0.339. The zero-order valence-electron chi connectivity index (χ0n) is 11.3. The molecule has 0 aliphatic heterocycles. The first-order chi connectivity index (χ1) is 10.2. The van der Waals surface area contributed by atoms with Crippen LogP contribution in [0.5, 0.6) is 0 Å². The molecule has 0 spiro atoms. The summed E-state index contributed by atoms with van der Waals surface area (Å²) in [4.78, 5) is 15.9. The van der Waals surface area contributed by atoms with Gasteiger partial charge in [0.2, 0.25) is 0 Å². The fraction of sp³-hybridized carbons (Fsp3) is 0.188. The van der Waals surface area contributed by atoms with E-state index in [1.807, 2.05) is 18.2 Å². The third-order valence-corrected chi connectivity index (χ3v) is 3.16. The third-order valence-electron chi connectivity index (χ3n) is 2.84. The molecule has 0 N–H and O–H groups in total. The van der Waals surface area contributed by atoms with Gasteiger partial charge in [0, 0.05) is 23.6 Å². The summed E-state index contributed by atoms with van der Waals surface area (Å²) in [7, 11) is 0. The van der Waals surface area contributed by atoms with Crippen molar-refractivity contribution in [2.24, 2.45) is 0 Å². The first kappa shape index (κ1) is 15.2. The standard InChI is InChI=1S/C16H13BrN2O2/c17-7-8-21-16(20)14-5-6-15(19-11-14)9-12-1-3-13(10-18)4-2-12/h1-6,11H,7-9H2. The van der Waals surface area contributed by atoms with E-state index in [1.165, 1.54) is 6.20 Å². The summed E-state index contributed by atoms with van der Waals surface area (Å²) in [5, 5.41) is 9.37. The van der Waals surface area contributed by atoms with Crippen LogP contribution in [0.15, 0.2) is 42.6 Å². The van der Waals surface area contributed by atoms with Crippen molar-refractivity contribution in [3.05, 3.63) is 65.0 Å². The van der Waals surface area contributed by atoms with E-state index in [1.54, 1.807) is 18.2 Å². The Balaban J connectivity index is 2.01. The summed E-state index contributed by atoms with van der Waals surface area (Å²) in [6.07, 6.45) is 2.18. The number of nitrogens with zero attached hydrogens (tertiary/aromatic N) is 2. The molecule has 1 aromatic heterocycles. The summed E-state index contributed by atoms with van der Waals surface area (Å²) in [5.41, 5.74) is 3.00. The Bertz CT molecular complexity index is 645. The number of alkyl halides is 1. The van der Waals surface area contributed by atoms with Crippen LogP contribution < -0.4 is 0 Å². The van der Waals surface area contributed by atoms with E-state index in [-0.39, 0.29) is 5.97 Å². The van der Waals surface area contributed by atoms with Gasteiger partial charge in [-0.1, -0.05) is 28.1 Å². The minimum absolute atomic E-state index is 0.339. The number of rotatable bonds is 5. The van der Waals surface area contributed by atoms with Crippen LogP contribution in [0.3, 0.4) is 0 Å². The van der Waals surface area contributed by atoms with Crippen LogP contribution in [0.2, 0.25) is 0 Å². The molecule has 0 saturated heterocycles. The smallest absolute Gasteiger partial charge is 0.339 e. The number of carbonyl (C=O) groups excluding carboxylic acids is 1. The lowest BCUT2D eigenvalue weighted by atomic mass is 10.1. The zero-order chi connectivity index (χ0) is 15.1. The topological polar surface area (TPSA) is 63.0 Å². The van der Waals surface area contributed by atoms with Crippen LogP contribution in [-0.4, -0.2) is 22.9 Å². The molecule has 1 aromatic carbocycles.